The minimum absolute atomic E-state index is 0.305. The summed E-state index contributed by atoms with van der Waals surface area (Å²) < 4.78 is 42.5. The molecule has 15 heavy (non-hydrogen) atoms. The molecule has 0 aliphatic heterocycles. The van der Waals surface area contributed by atoms with E-state index < -0.39 is 23.8 Å². The zero-order chi connectivity index (χ0) is 11.5. The number of carbonyl (C=O) groups excluding carboxylic acids is 1. The Balaban J connectivity index is 2.56. The highest BCUT2D eigenvalue weighted by Gasteiger charge is 2.44. The topological polar surface area (TPSA) is 26.3 Å². The number of halogens is 3. The van der Waals surface area contributed by atoms with E-state index in [1.807, 2.05) is 0 Å². The smallest absolute Gasteiger partial charge is 0.395 e. The zero-order valence-electron chi connectivity index (χ0n) is 8.27. The summed E-state index contributed by atoms with van der Waals surface area (Å²) in [6.45, 7) is 2.61. The molecule has 0 aromatic carbocycles. The molecule has 0 radical (unpaired) electrons. The van der Waals surface area contributed by atoms with Crippen LogP contribution < -0.4 is 0 Å². The highest BCUT2D eigenvalue weighted by Crippen LogP contribution is 2.37. The monoisotopic (exact) mass is 222 g/mol. The van der Waals surface area contributed by atoms with Gasteiger partial charge in [0.05, 0.1) is 5.92 Å². The Labute approximate surface area is 86.1 Å². The average molecular weight is 222 g/mol. The molecule has 0 heterocycles. The molecule has 1 aliphatic rings. The third-order valence-corrected chi connectivity index (χ3v) is 2.53. The molecule has 0 spiro atoms. The van der Waals surface area contributed by atoms with Gasteiger partial charge in [0.25, 0.3) is 0 Å². The zero-order valence-corrected chi connectivity index (χ0v) is 8.27. The number of ether oxygens (including phenoxy) is 1. The number of esters is 1. The molecule has 0 aromatic rings. The van der Waals surface area contributed by atoms with E-state index in [-0.39, 0.29) is 0 Å². The number of hydrogen-bond acceptors (Lipinski definition) is 2. The van der Waals surface area contributed by atoms with Crippen LogP contribution in [-0.4, -0.2) is 12.1 Å². The van der Waals surface area contributed by atoms with Gasteiger partial charge >= 0.3 is 12.1 Å². The van der Waals surface area contributed by atoms with E-state index in [1.165, 1.54) is 0 Å². The van der Waals surface area contributed by atoms with Gasteiger partial charge in [-0.1, -0.05) is 25.8 Å². The van der Waals surface area contributed by atoms with E-state index in [9.17, 15) is 18.0 Å². The first-order chi connectivity index (χ1) is 6.93. The SMILES string of the molecule is C=C(F)C(=O)OC(F)(F)C1CCCCC1. The first-order valence-corrected chi connectivity index (χ1v) is 4.89. The third-order valence-electron chi connectivity index (χ3n) is 2.53. The lowest BCUT2D eigenvalue weighted by molar-refractivity contribution is -0.261. The lowest BCUT2D eigenvalue weighted by Gasteiger charge is -2.28. The molecule has 1 saturated carbocycles. The second-order valence-corrected chi connectivity index (χ2v) is 3.69. The van der Waals surface area contributed by atoms with E-state index in [0.29, 0.717) is 25.7 Å². The third kappa shape index (κ3) is 3.25. The molecule has 1 fully saturated rings. The van der Waals surface area contributed by atoms with Gasteiger partial charge in [-0.25, -0.2) is 4.79 Å². The second kappa shape index (κ2) is 4.68. The molecule has 2 nitrogen and oxygen atoms in total. The molecular formula is C10H13F3O2. The quantitative estimate of drug-likeness (QED) is 0.541. The lowest BCUT2D eigenvalue weighted by Crippen LogP contribution is -2.35. The van der Waals surface area contributed by atoms with E-state index in [1.54, 1.807) is 0 Å². The Bertz CT molecular complexity index is 257. The van der Waals surface area contributed by atoms with Crippen LogP contribution in [0.25, 0.3) is 0 Å². The first kappa shape index (κ1) is 12.1. The molecule has 0 amide bonds. The van der Waals surface area contributed by atoms with Crippen molar-refractivity contribution in [3.05, 3.63) is 12.4 Å². The van der Waals surface area contributed by atoms with Crippen LogP contribution in [0.2, 0.25) is 0 Å². The van der Waals surface area contributed by atoms with Crippen LogP contribution in [0.1, 0.15) is 32.1 Å². The molecule has 0 atom stereocenters. The van der Waals surface area contributed by atoms with Crippen molar-refractivity contribution in [1.82, 2.24) is 0 Å². The van der Waals surface area contributed by atoms with Crippen molar-refractivity contribution in [3.8, 4) is 0 Å². The molecule has 0 saturated heterocycles. The normalized spacial score (nSPS) is 18.6. The fraction of sp³-hybridized carbons (Fsp3) is 0.700. The van der Waals surface area contributed by atoms with Gasteiger partial charge in [0.2, 0.25) is 5.83 Å². The summed E-state index contributed by atoms with van der Waals surface area (Å²) in [5.74, 6) is -4.16. The van der Waals surface area contributed by atoms with Crippen LogP contribution in [-0.2, 0) is 9.53 Å². The molecule has 1 aliphatic carbocycles. The maximum absolute atomic E-state index is 13.3. The van der Waals surface area contributed by atoms with Crippen molar-refractivity contribution >= 4 is 5.97 Å². The van der Waals surface area contributed by atoms with Gasteiger partial charge in [-0.05, 0) is 12.8 Å². The van der Waals surface area contributed by atoms with Gasteiger partial charge in [-0.3, -0.25) is 0 Å². The lowest BCUT2D eigenvalue weighted by atomic mass is 9.88. The fourth-order valence-corrected chi connectivity index (χ4v) is 1.70. The van der Waals surface area contributed by atoms with Crippen LogP contribution in [0.15, 0.2) is 12.4 Å². The molecule has 0 aromatic heterocycles. The van der Waals surface area contributed by atoms with Gasteiger partial charge in [0, 0.05) is 0 Å². The molecular weight excluding hydrogens is 209 g/mol. The van der Waals surface area contributed by atoms with Crippen molar-refractivity contribution in [2.45, 2.75) is 38.2 Å². The van der Waals surface area contributed by atoms with Crippen molar-refractivity contribution in [2.75, 3.05) is 0 Å². The van der Waals surface area contributed by atoms with E-state index in [0.717, 1.165) is 6.42 Å². The fourth-order valence-electron chi connectivity index (χ4n) is 1.70. The summed E-state index contributed by atoms with van der Waals surface area (Å²) in [6.07, 6.45) is -0.677. The summed E-state index contributed by atoms with van der Waals surface area (Å²) in [4.78, 5) is 10.6. The van der Waals surface area contributed by atoms with Gasteiger partial charge < -0.3 is 4.74 Å². The van der Waals surface area contributed by atoms with Crippen molar-refractivity contribution < 1.29 is 22.7 Å². The standard InChI is InChI=1S/C10H13F3O2/c1-7(11)9(14)15-10(12,13)8-5-3-2-4-6-8/h8H,1-6H2. The van der Waals surface area contributed by atoms with Crippen LogP contribution in [0, 0.1) is 5.92 Å². The summed E-state index contributed by atoms with van der Waals surface area (Å²) in [6, 6.07) is 0. The summed E-state index contributed by atoms with van der Waals surface area (Å²) >= 11 is 0. The average Bonchev–Trinajstić information content (AvgIpc) is 2.18. The van der Waals surface area contributed by atoms with Crippen molar-refractivity contribution in [1.29, 1.82) is 0 Å². The number of alkyl halides is 2. The van der Waals surface area contributed by atoms with E-state index in [4.69, 9.17) is 0 Å². The van der Waals surface area contributed by atoms with Gasteiger partial charge in [-0.2, -0.15) is 13.2 Å². The summed E-state index contributed by atoms with van der Waals surface area (Å²) in [5, 5.41) is 0. The highest BCUT2D eigenvalue weighted by atomic mass is 19.3. The maximum atomic E-state index is 13.3. The van der Waals surface area contributed by atoms with Crippen LogP contribution in [0.5, 0.6) is 0 Å². The van der Waals surface area contributed by atoms with Gasteiger partial charge in [-0.15, -0.1) is 0 Å². The first-order valence-electron chi connectivity index (χ1n) is 4.89. The maximum Gasteiger partial charge on any atom is 0.402 e. The van der Waals surface area contributed by atoms with E-state index in [2.05, 4.69) is 11.3 Å². The van der Waals surface area contributed by atoms with Crippen molar-refractivity contribution in [2.24, 2.45) is 5.92 Å². The Morgan fingerprint density at radius 1 is 1.27 bits per heavy atom. The predicted octanol–water partition coefficient (Wildman–Crippen LogP) is 3.19. The molecule has 1 rings (SSSR count). The minimum Gasteiger partial charge on any atom is -0.395 e. The molecule has 0 N–H and O–H groups in total. The second-order valence-electron chi connectivity index (χ2n) is 3.69. The minimum atomic E-state index is -3.58. The summed E-state index contributed by atoms with van der Waals surface area (Å²) in [7, 11) is 0. The van der Waals surface area contributed by atoms with Gasteiger partial charge in [0.1, 0.15) is 0 Å². The van der Waals surface area contributed by atoms with Crippen LogP contribution in [0.3, 0.4) is 0 Å². The predicted molar refractivity (Wildman–Crippen MR) is 47.9 cm³/mol. The number of rotatable bonds is 3. The Kier molecular flexibility index (Phi) is 3.77. The number of carbonyl (C=O) groups is 1. The Morgan fingerprint density at radius 2 is 1.80 bits per heavy atom. The Hall–Kier alpha value is -1.00. The molecule has 0 bridgehead atoms. The number of hydrogen-bond donors (Lipinski definition) is 0. The summed E-state index contributed by atoms with van der Waals surface area (Å²) in [5.41, 5.74) is 0. The molecule has 0 unspecified atom stereocenters. The highest BCUT2D eigenvalue weighted by molar-refractivity contribution is 5.85. The molecule has 5 heteroatoms. The van der Waals surface area contributed by atoms with Crippen LogP contribution >= 0.6 is 0 Å². The van der Waals surface area contributed by atoms with E-state index >= 15 is 0 Å². The van der Waals surface area contributed by atoms with Crippen molar-refractivity contribution in [3.63, 3.8) is 0 Å². The Morgan fingerprint density at radius 3 is 2.27 bits per heavy atom. The molecule has 86 valence electrons. The van der Waals surface area contributed by atoms with Gasteiger partial charge in [0.15, 0.2) is 0 Å². The largest absolute Gasteiger partial charge is 0.402 e. The van der Waals surface area contributed by atoms with Crippen LogP contribution in [0.4, 0.5) is 13.2 Å².